The van der Waals surface area contributed by atoms with Crippen molar-refractivity contribution in [2.24, 2.45) is 15.7 Å². The van der Waals surface area contributed by atoms with Gasteiger partial charge in [-0.3, -0.25) is 10.6 Å². The molecule has 3 aliphatic rings. The molecule has 10 nitrogen and oxygen atoms in total. The molecule has 2 fully saturated rings. The molecule has 0 bridgehead atoms. The molecule has 3 heterocycles. The number of fused-ring (bicyclic) bond motifs is 1. The van der Waals surface area contributed by atoms with E-state index < -0.39 is 5.79 Å². The van der Waals surface area contributed by atoms with Crippen molar-refractivity contribution >= 4 is 23.0 Å². The molecule has 6 N–H and O–H groups in total. The molecule has 1 aromatic heterocycles. The van der Waals surface area contributed by atoms with Crippen LogP contribution in [0.3, 0.4) is 0 Å². The predicted molar refractivity (Wildman–Crippen MR) is 127 cm³/mol. The van der Waals surface area contributed by atoms with Crippen LogP contribution in [-0.2, 0) is 6.42 Å². The lowest BCUT2D eigenvalue weighted by Gasteiger charge is -2.34. The molecule has 10 heteroatoms. The van der Waals surface area contributed by atoms with Gasteiger partial charge in [-0.1, -0.05) is 12.1 Å². The van der Waals surface area contributed by atoms with Crippen molar-refractivity contribution in [3.05, 3.63) is 30.1 Å². The summed E-state index contributed by atoms with van der Waals surface area (Å²) >= 11 is 0. The van der Waals surface area contributed by atoms with Crippen LogP contribution >= 0.6 is 0 Å². The molecule has 0 spiro atoms. The molecule has 172 valence electrons. The van der Waals surface area contributed by atoms with E-state index >= 15 is 0 Å². The number of benzene rings is 1. The zero-order valence-electron chi connectivity index (χ0n) is 18.8. The number of aromatic nitrogens is 2. The zero-order chi connectivity index (χ0) is 22.0. The number of nitrogens with zero attached hydrogens (tertiary/aromatic N) is 5. The highest BCUT2D eigenvalue weighted by Crippen LogP contribution is 2.20. The van der Waals surface area contributed by atoms with Crippen LogP contribution in [-0.4, -0.2) is 89.8 Å². The van der Waals surface area contributed by atoms with Crippen molar-refractivity contribution in [1.82, 2.24) is 35.7 Å². The Morgan fingerprint density at radius 2 is 2.00 bits per heavy atom. The molecule has 2 aromatic rings. The Kier molecular flexibility index (Phi) is 5.99. The summed E-state index contributed by atoms with van der Waals surface area (Å²) < 4.78 is 0. The van der Waals surface area contributed by atoms with E-state index in [1.807, 2.05) is 24.3 Å². The molecule has 1 aromatic carbocycles. The summed E-state index contributed by atoms with van der Waals surface area (Å²) in [6.45, 7) is 6.24. The van der Waals surface area contributed by atoms with E-state index in [1.54, 1.807) is 0 Å². The number of aromatic amines is 1. The van der Waals surface area contributed by atoms with E-state index in [9.17, 15) is 0 Å². The van der Waals surface area contributed by atoms with Gasteiger partial charge in [0.2, 0.25) is 11.9 Å². The first-order valence-corrected chi connectivity index (χ1v) is 11.7. The highest BCUT2D eigenvalue weighted by molar-refractivity contribution is 5.97. The highest BCUT2D eigenvalue weighted by atomic mass is 15.4. The number of piperazine rings is 1. The second kappa shape index (κ2) is 9.05. The zero-order valence-corrected chi connectivity index (χ0v) is 18.8. The Labute approximate surface area is 188 Å². The van der Waals surface area contributed by atoms with Gasteiger partial charge in [0.25, 0.3) is 0 Å². The third kappa shape index (κ3) is 5.37. The Morgan fingerprint density at radius 1 is 1.19 bits per heavy atom. The van der Waals surface area contributed by atoms with E-state index in [-0.39, 0.29) is 0 Å². The highest BCUT2D eigenvalue weighted by Gasteiger charge is 2.32. The van der Waals surface area contributed by atoms with Crippen LogP contribution in [0.2, 0.25) is 0 Å². The molecule has 32 heavy (non-hydrogen) atoms. The van der Waals surface area contributed by atoms with Crippen LogP contribution < -0.4 is 21.7 Å². The molecule has 1 unspecified atom stereocenters. The van der Waals surface area contributed by atoms with Gasteiger partial charge >= 0.3 is 0 Å². The Hall–Kier alpha value is -2.69. The van der Waals surface area contributed by atoms with Crippen molar-refractivity contribution in [2.45, 2.75) is 37.5 Å². The van der Waals surface area contributed by atoms with Crippen LogP contribution in [0, 0.1) is 0 Å². The molecule has 1 saturated carbocycles. The maximum absolute atomic E-state index is 6.69. The average Bonchev–Trinajstić information content (AvgIpc) is 3.48. The average molecular weight is 439 g/mol. The minimum Gasteiger partial charge on any atom is -0.355 e. The normalized spacial score (nSPS) is 24.7. The van der Waals surface area contributed by atoms with E-state index in [1.165, 1.54) is 0 Å². The third-order valence-corrected chi connectivity index (χ3v) is 6.27. The molecule has 2 aliphatic heterocycles. The van der Waals surface area contributed by atoms with Gasteiger partial charge in [-0.25, -0.2) is 9.98 Å². The van der Waals surface area contributed by atoms with Crippen molar-refractivity contribution in [2.75, 3.05) is 46.3 Å². The number of imidazole rings is 1. The van der Waals surface area contributed by atoms with Crippen LogP contribution in [0.4, 0.5) is 0 Å². The number of hydrogen-bond acceptors (Lipinski definition) is 9. The number of hydrogen-bond donors (Lipinski definition) is 5. The van der Waals surface area contributed by atoms with Crippen LogP contribution in [0.1, 0.15) is 25.1 Å². The standard InChI is InChI=1S/C22H34N10/c1-31-12-14-32(15-13-31)11-10-24-20-28-21(25-16-6-7-16)30-22(23,29-20)9-8-19-26-17-4-2-3-5-18(17)27-19/h2-5,16H,6-15,23H2,1H3,(H,26,27)(H3,24,25,28,29,30). The SMILES string of the molecule is CN1CCN(CCNC2=NC(NC3CC3)=NC(N)(CCc3nc4ccccc4[nH]3)N2)CC1. The number of H-pyrrole nitrogens is 1. The van der Waals surface area contributed by atoms with E-state index in [4.69, 9.17) is 10.7 Å². The monoisotopic (exact) mass is 438 g/mol. The van der Waals surface area contributed by atoms with Crippen molar-refractivity contribution in [3.8, 4) is 0 Å². The number of nitrogens with one attached hydrogen (secondary N) is 4. The summed E-state index contributed by atoms with van der Waals surface area (Å²) in [5.41, 5.74) is 8.70. The third-order valence-electron chi connectivity index (χ3n) is 6.27. The molecular formula is C22H34N10. The van der Waals surface area contributed by atoms with Crippen LogP contribution in [0.15, 0.2) is 34.3 Å². The summed E-state index contributed by atoms with van der Waals surface area (Å²) in [7, 11) is 2.18. The molecule has 1 saturated heterocycles. The van der Waals surface area contributed by atoms with E-state index in [0.717, 1.165) is 69.0 Å². The Morgan fingerprint density at radius 3 is 2.78 bits per heavy atom. The van der Waals surface area contributed by atoms with Crippen molar-refractivity contribution < 1.29 is 0 Å². The molecule has 0 amide bonds. The molecule has 1 atom stereocenters. The van der Waals surface area contributed by atoms with E-state index in [2.05, 4.69) is 47.8 Å². The second-order valence-corrected chi connectivity index (χ2v) is 9.14. The van der Waals surface area contributed by atoms with Gasteiger partial charge in [0.05, 0.1) is 11.0 Å². The van der Waals surface area contributed by atoms with Gasteiger partial charge in [0.1, 0.15) is 5.82 Å². The van der Waals surface area contributed by atoms with Gasteiger partial charge in [-0.15, -0.1) is 0 Å². The van der Waals surface area contributed by atoms with Crippen molar-refractivity contribution in [1.29, 1.82) is 0 Å². The lowest BCUT2D eigenvalue weighted by atomic mass is 10.2. The lowest BCUT2D eigenvalue weighted by molar-refractivity contribution is 0.156. The largest absolute Gasteiger partial charge is 0.355 e. The van der Waals surface area contributed by atoms with Crippen LogP contribution in [0.5, 0.6) is 0 Å². The fourth-order valence-corrected chi connectivity index (χ4v) is 4.09. The molecule has 5 rings (SSSR count). The van der Waals surface area contributed by atoms with Gasteiger partial charge in [0.15, 0.2) is 5.79 Å². The number of rotatable bonds is 7. The topological polar surface area (TPSA) is 122 Å². The number of nitrogens with two attached hydrogens (primary N) is 1. The maximum Gasteiger partial charge on any atom is 0.224 e. The molecular weight excluding hydrogens is 404 g/mol. The smallest absolute Gasteiger partial charge is 0.224 e. The minimum atomic E-state index is -0.936. The van der Waals surface area contributed by atoms with Gasteiger partial charge in [-0.2, -0.15) is 4.99 Å². The van der Waals surface area contributed by atoms with Crippen molar-refractivity contribution in [3.63, 3.8) is 0 Å². The summed E-state index contributed by atoms with van der Waals surface area (Å²) in [4.78, 5) is 22.2. The van der Waals surface area contributed by atoms with Crippen LogP contribution in [0.25, 0.3) is 11.0 Å². The fraction of sp³-hybridized carbons (Fsp3) is 0.591. The summed E-state index contributed by atoms with van der Waals surface area (Å²) in [5, 5.41) is 10.2. The first-order valence-electron chi connectivity index (χ1n) is 11.7. The van der Waals surface area contributed by atoms with E-state index in [0.29, 0.717) is 30.8 Å². The molecule has 0 radical (unpaired) electrons. The summed E-state index contributed by atoms with van der Waals surface area (Å²) in [6, 6.07) is 8.51. The second-order valence-electron chi connectivity index (χ2n) is 9.14. The first-order chi connectivity index (χ1) is 15.5. The van der Waals surface area contributed by atoms with Gasteiger partial charge in [-0.05, 0) is 32.0 Å². The van der Waals surface area contributed by atoms with Gasteiger partial charge in [0, 0.05) is 58.2 Å². The Balaban J connectivity index is 1.20. The summed E-state index contributed by atoms with van der Waals surface area (Å²) in [5.74, 6) is 1.27. The molecule has 1 aliphatic carbocycles. The number of aliphatic imine (C=N–C) groups is 2. The lowest BCUT2D eigenvalue weighted by Crippen LogP contribution is -2.62. The maximum atomic E-state index is 6.69. The first kappa shape index (κ1) is 21.2. The van der Waals surface area contributed by atoms with Gasteiger partial charge < -0.3 is 25.8 Å². The minimum absolute atomic E-state index is 0.460. The summed E-state index contributed by atoms with van der Waals surface area (Å²) in [6.07, 6.45) is 3.60. The number of para-hydroxylation sites is 2. The number of guanidine groups is 2. The predicted octanol–water partition coefficient (Wildman–Crippen LogP) is 0.0122. The Bertz CT molecular complexity index is 953. The quantitative estimate of drug-likeness (QED) is 0.413. The number of aryl methyl sites for hydroxylation is 1. The fourth-order valence-electron chi connectivity index (χ4n) is 4.09. The number of likely N-dealkylation sites (N-methyl/N-ethyl adjacent to an activating group) is 1.